The Hall–Kier alpha value is -0.520. The van der Waals surface area contributed by atoms with Crippen molar-refractivity contribution in [1.82, 2.24) is 19.8 Å². The Bertz CT molecular complexity index is 387. The fourth-order valence-corrected chi connectivity index (χ4v) is 2.76. The van der Waals surface area contributed by atoms with Crippen molar-refractivity contribution in [2.75, 3.05) is 20.1 Å². The lowest BCUT2D eigenvalue weighted by Crippen LogP contribution is -2.40. The van der Waals surface area contributed by atoms with E-state index in [9.17, 15) is 0 Å². The Balaban J connectivity index is 2.49. The highest BCUT2D eigenvalue weighted by Crippen LogP contribution is 2.26. The molecule has 0 amide bonds. The third kappa shape index (κ3) is 5.97. The predicted octanol–water partition coefficient (Wildman–Crippen LogP) is 2.66. The molecular weight excluding hydrogens is 256 g/mol. The van der Waals surface area contributed by atoms with Crippen LogP contribution in [0.25, 0.3) is 0 Å². The van der Waals surface area contributed by atoms with E-state index in [0.29, 0.717) is 0 Å². The van der Waals surface area contributed by atoms with Gasteiger partial charge in [-0.25, -0.2) is 0 Å². The topological polar surface area (TPSA) is 41.0 Å². The number of nitrogens with one attached hydrogen (secondary N) is 1. The van der Waals surface area contributed by atoms with Crippen LogP contribution in [0.3, 0.4) is 0 Å². The van der Waals surface area contributed by atoms with E-state index in [1.54, 1.807) is 0 Å². The van der Waals surface area contributed by atoms with E-state index >= 15 is 0 Å². The van der Waals surface area contributed by atoms with E-state index in [1.165, 1.54) is 16.4 Å². The van der Waals surface area contributed by atoms with Crippen molar-refractivity contribution in [1.29, 1.82) is 0 Å². The minimum Gasteiger partial charge on any atom is -0.311 e. The van der Waals surface area contributed by atoms with Gasteiger partial charge >= 0.3 is 0 Å². The highest BCUT2D eigenvalue weighted by atomic mass is 32.1. The van der Waals surface area contributed by atoms with Gasteiger partial charge in [-0.15, -0.1) is 5.10 Å². The molecule has 1 rings (SSSR count). The summed E-state index contributed by atoms with van der Waals surface area (Å²) in [6.45, 7) is 16.1. The van der Waals surface area contributed by atoms with Crippen LogP contribution in [0.4, 0.5) is 0 Å². The van der Waals surface area contributed by atoms with Crippen molar-refractivity contribution in [3.63, 3.8) is 0 Å². The second-order valence-electron chi connectivity index (χ2n) is 7.21. The van der Waals surface area contributed by atoms with Crippen LogP contribution in [-0.2, 0) is 12.0 Å². The Morgan fingerprint density at radius 3 is 2.32 bits per heavy atom. The number of hydrogen-bond acceptors (Lipinski definition) is 5. The molecule has 0 saturated heterocycles. The molecule has 0 aromatic carbocycles. The molecule has 0 unspecified atom stereocenters. The summed E-state index contributed by atoms with van der Waals surface area (Å²) in [4.78, 5) is 3.61. The quantitative estimate of drug-likeness (QED) is 0.902. The van der Waals surface area contributed by atoms with Gasteiger partial charge in [-0.1, -0.05) is 25.3 Å². The Kier molecular flexibility index (Phi) is 5.47. The van der Waals surface area contributed by atoms with Crippen molar-refractivity contribution in [3.05, 3.63) is 10.6 Å². The molecule has 0 saturated carbocycles. The maximum Gasteiger partial charge on any atom is 0.0854 e. The summed E-state index contributed by atoms with van der Waals surface area (Å²) in [7, 11) is 2.15. The number of aromatic nitrogens is 2. The Morgan fingerprint density at radius 1 is 1.16 bits per heavy atom. The minimum atomic E-state index is 0.0762. The maximum absolute atomic E-state index is 4.29. The minimum absolute atomic E-state index is 0.0762. The maximum atomic E-state index is 4.29. The zero-order valence-corrected chi connectivity index (χ0v) is 14.2. The van der Waals surface area contributed by atoms with Gasteiger partial charge in [-0.3, -0.25) is 4.90 Å². The van der Waals surface area contributed by atoms with Crippen molar-refractivity contribution < 1.29 is 0 Å². The van der Waals surface area contributed by atoms with Crippen molar-refractivity contribution in [2.24, 2.45) is 0 Å². The third-order valence-corrected chi connectivity index (χ3v) is 3.53. The van der Waals surface area contributed by atoms with Crippen LogP contribution in [-0.4, -0.2) is 40.2 Å². The highest BCUT2D eigenvalue weighted by Gasteiger charge is 2.22. The summed E-state index contributed by atoms with van der Waals surface area (Å²) in [6, 6.07) is 0. The fraction of sp³-hybridized carbons (Fsp3) is 0.857. The smallest absolute Gasteiger partial charge is 0.0854 e. The van der Waals surface area contributed by atoms with E-state index in [4.69, 9.17) is 0 Å². The molecule has 19 heavy (non-hydrogen) atoms. The van der Waals surface area contributed by atoms with Crippen LogP contribution < -0.4 is 5.32 Å². The normalized spacial score (nSPS) is 13.3. The molecule has 1 N–H and O–H groups in total. The van der Waals surface area contributed by atoms with E-state index in [1.807, 2.05) is 0 Å². The van der Waals surface area contributed by atoms with Crippen molar-refractivity contribution in [2.45, 2.75) is 59.0 Å². The van der Waals surface area contributed by atoms with E-state index in [2.05, 4.69) is 68.4 Å². The Labute approximate surface area is 121 Å². The molecule has 0 aliphatic heterocycles. The SMILES string of the molecule is CN(CCNC(C)(C)C)Cc1snnc1C(C)(C)C. The van der Waals surface area contributed by atoms with Gasteiger partial charge in [0, 0.05) is 30.6 Å². The standard InChI is InChI=1S/C14H28N4S/c1-13(2,3)12-11(19-17-16-12)10-18(7)9-8-15-14(4,5)6/h15H,8-10H2,1-7H3. The largest absolute Gasteiger partial charge is 0.311 e. The van der Waals surface area contributed by atoms with Crippen molar-refractivity contribution >= 4 is 11.5 Å². The van der Waals surface area contributed by atoms with E-state index in [-0.39, 0.29) is 11.0 Å². The van der Waals surface area contributed by atoms with Crippen LogP contribution in [0.2, 0.25) is 0 Å². The lowest BCUT2D eigenvalue weighted by Gasteiger charge is -2.24. The van der Waals surface area contributed by atoms with Crippen LogP contribution >= 0.6 is 11.5 Å². The van der Waals surface area contributed by atoms with Gasteiger partial charge in [-0.2, -0.15) is 0 Å². The van der Waals surface area contributed by atoms with Gasteiger partial charge < -0.3 is 5.32 Å². The molecular formula is C14H28N4S. The number of likely N-dealkylation sites (N-methyl/N-ethyl adjacent to an activating group) is 1. The first kappa shape index (κ1) is 16.5. The summed E-state index contributed by atoms with van der Waals surface area (Å²) in [5.74, 6) is 0. The average Bonchev–Trinajstić information content (AvgIpc) is 2.62. The Morgan fingerprint density at radius 2 is 1.79 bits per heavy atom. The molecule has 0 radical (unpaired) electrons. The van der Waals surface area contributed by atoms with Crippen LogP contribution in [0.15, 0.2) is 0 Å². The van der Waals surface area contributed by atoms with Gasteiger partial charge in [0.1, 0.15) is 0 Å². The third-order valence-electron chi connectivity index (χ3n) is 2.83. The highest BCUT2D eigenvalue weighted by molar-refractivity contribution is 7.05. The fourth-order valence-electron chi connectivity index (χ4n) is 1.83. The molecule has 1 aromatic rings. The molecule has 1 heterocycles. The molecule has 0 fully saturated rings. The van der Waals surface area contributed by atoms with Gasteiger partial charge in [0.25, 0.3) is 0 Å². The van der Waals surface area contributed by atoms with E-state index < -0.39 is 0 Å². The monoisotopic (exact) mass is 284 g/mol. The summed E-state index contributed by atoms with van der Waals surface area (Å²) >= 11 is 1.52. The first-order chi connectivity index (χ1) is 8.59. The summed E-state index contributed by atoms with van der Waals surface area (Å²) in [6.07, 6.45) is 0. The zero-order valence-electron chi connectivity index (χ0n) is 13.4. The van der Waals surface area contributed by atoms with Crippen LogP contribution in [0.1, 0.15) is 52.1 Å². The lowest BCUT2D eigenvalue weighted by molar-refractivity contribution is 0.303. The van der Waals surface area contributed by atoms with Gasteiger partial charge in [0.2, 0.25) is 0 Å². The average molecular weight is 284 g/mol. The van der Waals surface area contributed by atoms with Gasteiger partial charge in [-0.05, 0) is 39.4 Å². The first-order valence-electron chi connectivity index (χ1n) is 6.85. The second kappa shape index (κ2) is 6.29. The van der Waals surface area contributed by atoms with Crippen molar-refractivity contribution in [3.8, 4) is 0 Å². The molecule has 0 aliphatic carbocycles. The number of rotatable bonds is 5. The first-order valence-corrected chi connectivity index (χ1v) is 7.62. The molecule has 110 valence electrons. The molecule has 5 heteroatoms. The van der Waals surface area contributed by atoms with E-state index in [0.717, 1.165) is 25.3 Å². The molecule has 0 spiro atoms. The van der Waals surface area contributed by atoms with Crippen LogP contribution in [0.5, 0.6) is 0 Å². The second-order valence-corrected chi connectivity index (χ2v) is 8.05. The zero-order chi connectivity index (χ0) is 14.7. The molecule has 0 atom stereocenters. The van der Waals surface area contributed by atoms with Gasteiger partial charge in [0.15, 0.2) is 0 Å². The lowest BCUT2D eigenvalue weighted by atomic mass is 9.91. The number of nitrogens with zero attached hydrogens (tertiary/aromatic N) is 3. The summed E-state index contributed by atoms with van der Waals surface area (Å²) in [5, 5.41) is 7.79. The molecule has 0 aliphatic rings. The summed E-state index contributed by atoms with van der Waals surface area (Å²) in [5.41, 5.74) is 1.39. The molecule has 1 aromatic heterocycles. The summed E-state index contributed by atoms with van der Waals surface area (Å²) < 4.78 is 4.11. The van der Waals surface area contributed by atoms with Gasteiger partial charge in [0.05, 0.1) is 10.6 Å². The predicted molar refractivity (Wildman–Crippen MR) is 82.7 cm³/mol. The number of hydrogen-bond donors (Lipinski definition) is 1. The molecule has 4 nitrogen and oxygen atoms in total. The molecule has 0 bridgehead atoms. The van der Waals surface area contributed by atoms with Crippen LogP contribution in [0, 0.1) is 0 Å².